The van der Waals surface area contributed by atoms with E-state index in [1.54, 1.807) is 0 Å². The first-order valence-corrected chi connectivity index (χ1v) is 6.93. The van der Waals surface area contributed by atoms with Crippen molar-refractivity contribution in [2.24, 2.45) is 0 Å². The first kappa shape index (κ1) is 14.6. The molecule has 1 unspecified atom stereocenters. The molecule has 20 heavy (non-hydrogen) atoms. The summed E-state index contributed by atoms with van der Waals surface area (Å²) in [6.45, 7) is 4.67. The molecule has 0 radical (unpaired) electrons. The van der Waals surface area contributed by atoms with Crippen LogP contribution in [-0.2, 0) is 9.53 Å². The van der Waals surface area contributed by atoms with Crippen LogP contribution in [-0.4, -0.2) is 24.2 Å². The molecule has 1 aromatic carbocycles. The summed E-state index contributed by atoms with van der Waals surface area (Å²) in [5.74, 6) is 0.549. The fourth-order valence-corrected chi connectivity index (χ4v) is 2.30. The highest BCUT2D eigenvalue weighted by Crippen LogP contribution is 2.19. The van der Waals surface area contributed by atoms with E-state index in [4.69, 9.17) is 4.74 Å². The van der Waals surface area contributed by atoms with Crippen molar-refractivity contribution in [3.05, 3.63) is 46.7 Å². The average Bonchev–Trinajstić information content (AvgIpc) is 2.45. The lowest BCUT2D eigenvalue weighted by molar-refractivity contribution is -0.118. The maximum atomic E-state index is 12.1. The zero-order chi connectivity index (χ0) is 14.5. The Labute approximate surface area is 119 Å². The van der Waals surface area contributed by atoms with Crippen LogP contribution in [0.25, 0.3) is 0 Å². The molecular formula is C16H21NO3. The Morgan fingerprint density at radius 3 is 2.95 bits per heavy atom. The molecule has 1 aromatic rings. The zero-order valence-electron chi connectivity index (χ0n) is 12.0. The number of hydrogen-bond donors (Lipinski definition) is 2. The van der Waals surface area contributed by atoms with E-state index in [9.17, 15) is 9.90 Å². The van der Waals surface area contributed by atoms with Gasteiger partial charge in [-0.25, -0.2) is 0 Å². The van der Waals surface area contributed by atoms with E-state index in [1.165, 1.54) is 0 Å². The number of ether oxygens (including phenoxy) is 1. The van der Waals surface area contributed by atoms with Crippen LogP contribution in [0.3, 0.4) is 0 Å². The Bertz CT molecular complexity index is 522. The van der Waals surface area contributed by atoms with Gasteiger partial charge in [0.25, 0.3) is 5.91 Å². The molecule has 1 amide bonds. The molecule has 4 heteroatoms. The highest BCUT2D eigenvalue weighted by atomic mass is 16.5. The van der Waals surface area contributed by atoms with Gasteiger partial charge in [-0.2, -0.15) is 0 Å². The third-order valence-corrected chi connectivity index (χ3v) is 3.47. The standard InChI is InChI=1S/C16H21NO3/c1-11-5-3-6-13(9-11)15(18)10-17-16(19)14-7-4-8-20-12(14)2/h3,5-6,9,15,18H,4,7-8,10H2,1-2H3,(H,17,19). The number of benzene rings is 1. The quantitative estimate of drug-likeness (QED) is 0.886. The van der Waals surface area contributed by atoms with Gasteiger partial charge in [-0.05, 0) is 32.3 Å². The summed E-state index contributed by atoms with van der Waals surface area (Å²) in [4.78, 5) is 12.1. The van der Waals surface area contributed by atoms with E-state index in [1.807, 2.05) is 38.1 Å². The van der Waals surface area contributed by atoms with E-state index in [2.05, 4.69) is 5.32 Å². The van der Waals surface area contributed by atoms with E-state index in [0.29, 0.717) is 17.9 Å². The van der Waals surface area contributed by atoms with Crippen molar-refractivity contribution in [2.75, 3.05) is 13.2 Å². The van der Waals surface area contributed by atoms with Gasteiger partial charge < -0.3 is 15.2 Å². The van der Waals surface area contributed by atoms with E-state index >= 15 is 0 Å². The summed E-state index contributed by atoms with van der Waals surface area (Å²) in [5, 5.41) is 12.9. The van der Waals surface area contributed by atoms with Gasteiger partial charge in [0, 0.05) is 6.54 Å². The molecule has 0 aliphatic carbocycles. The number of rotatable bonds is 4. The number of carbonyl (C=O) groups excluding carboxylic acids is 1. The second kappa shape index (κ2) is 6.57. The first-order chi connectivity index (χ1) is 9.58. The molecule has 1 heterocycles. The van der Waals surface area contributed by atoms with Crippen molar-refractivity contribution in [2.45, 2.75) is 32.8 Å². The van der Waals surface area contributed by atoms with Crippen LogP contribution < -0.4 is 5.32 Å². The van der Waals surface area contributed by atoms with Gasteiger partial charge in [0.1, 0.15) is 5.76 Å². The highest BCUT2D eigenvalue weighted by molar-refractivity contribution is 5.93. The van der Waals surface area contributed by atoms with Gasteiger partial charge in [-0.1, -0.05) is 29.8 Å². The largest absolute Gasteiger partial charge is 0.498 e. The maximum Gasteiger partial charge on any atom is 0.250 e. The molecule has 0 saturated heterocycles. The topological polar surface area (TPSA) is 58.6 Å². The molecule has 1 aliphatic heterocycles. The smallest absolute Gasteiger partial charge is 0.250 e. The van der Waals surface area contributed by atoms with Gasteiger partial charge in [0.2, 0.25) is 0 Å². The minimum absolute atomic E-state index is 0.145. The van der Waals surface area contributed by atoms with Gasteiger partial charge in [0.15, 0.2) is 0 Å². The van der Waals surface area contributed by atoms with Crippen LogP contribution in [0, 0.1) is 6.92 Å². The van der Waals surface area contributed by atoms with Crippen LogP contribution in [0.15, 0.2) is 35.6 Å². The third-order valence-electron chi connectivity index (χ3n) is 3.47. The lowest BCUT2D eigenvalue weighted by atomic mass is 10.0. The summed E-state index contributed by atoms with van der Waals surface area (Å²) >= 11 is 0. The molecule has 0 fully saturated rings. The van der Waals surface area contributed by atoms with Crippen LogP contribution in [0.2, 0.25) is 0 Å². The fourth-order valence-electron chi connectivity index (χ4n) is 2.30. The Balaban J connectivity index is 1.93. The molecule has 108 valence electrons. The summed E-state index contributed by atoms with van der Waals surface area (Å²) in [5.41, 5.74) is 2.59. The number of carbonyl (C=O) groups is 1. The molecule has 4 nitrogen and oxygen atoms in total. The summed E-state index contributed by atoms with van der Waals surface area (Å²) in [6.07, 6.45) is 0.905. The minimum Gasteiger partial charge on any atom is -0.498 e. The van der Waals surface area contributed by atoms with E-state index in [-0.39, 0.29) is 12.5 Å². The van der Waals surface area contributed by atoms with Gasteiger partial charge >= 0.3 is 0 Å². The second-order valence-corrected chi connectivity index (χ2v) is 5.13. The maximum absolute atomic E-state index is 12.1. The predicted molar refractivity (Wildman–Crippen MR) is 77.0 cm³/mol. The molecule has 0 saturated carbocycles. The fraction of sp³-hybridized carbons (Fsp3) is 0.438. The molecule has 1 aliphatic rings. The number of aliphatic hydroxyl groups is 1. The van der Waals surface area contributed by atoms with Crippen molar-refractivity contribution in [1.29, 1.82) is 0 Å². The number of allylic oxidation sites excluding steroid dienone is 1. The lowest BCUT2D eigenvalue weighted by Gasteiger charge is -2.19. The zero-order valence-corrected chi connectivity index (χ0v) is 12.0. The Morgan fingerprint density at radius 2 is 2.25 bits per heavy atom. The Morgan fingerprint density at radius 1 is 1.45 bits per heavy atom. The molecular weight excluding hydrogens is 254 g/mol. The SMILES string of the molecule is CC1=C(C(=O)NCC(O)c2cccc(C)c2)CCCO1. The number of aryl methyl sites for hydroxylation is 1. The van der Waals surface area contributed by atoms with E-state index < -0.39 is 6.10 Å². The predicted octanol–water partition coefficient (Wildman–Crippen LogP) is 2.23. The normalized spacial score (nSPS) is 16.6. The van der Waals surface area contributed by atoms with Crippen molar-refractivity contribution in [3.63, 3.8) is 0 Å². The van der Waals surface area contributed by atoms with Crippen molar-refractivity contribution >= 4 is 5.91 Å². The third kappa shape index (κ3) is 3.61. The van der Waals surface area contributed by atoms with Crippen LogP contribution in [0.1, 0.15) is 37.0 Å². The summed E-state index contributed by atoms with van der Waals surface area (Å²) in [6, 6.07) is 7.66. The average molecular weight is 275 g/mol. The number of amides is 1. The number of aliphatic hydroxyl groups excluding tert-OH is 1. The van der Waals surface area contributed by atoms with Crippen LogP contribution in [0.4, 0.5) is 0 Å². The molecule has 2 rings (SSSR count). The van der Waals surface area contributed by atoms with Crippen LogP contribution in [0.5, 0.6) is 0 Å². The number of nitrogens with one attached hydrogen (secondary N) is 1. The van der Waals surface area contributed by atoms with Crippen molar-refractivity contribution < 1.29 is 14.6 Å². The lowest BCUT2D eigenvalue weighted by Crippen LogP contribution is -2.31. The monoisotopic (exact) mass is 275 g/mol. The van der Waals surface area contributed by atoms with Crippen LogP contribution >= 0.6 is 0 Å². The molecule has 0 bridgehead atoms. The second-order valence-electron chi connectivity index (χ2n) is 5.13. The summed E-state index contributed by atoms with van der Waals surface area (Å²) < 4.78 is 5.38. The summed E-state index contributed by atoms with van der Waals surface area (Å²) in [7, 11) is 0. The van der Waals surface area contributed by atoms with Gasteiger partial charge in [-0.3, -0.25) is 4.79 Å². The highest BCUT2D eigenvalue weighted by Gasteiger charge is 2.18. The number of hydrogen-bond acceptors (Lipinski definition) is 3. The first-order valence-electron chi connectivity index (χ1n) is 6.93. The minimum atomic E-state index is -0.690. The van der Waals surface area contributed by atoms with E-state index in [0.717, 1.165) is 24.0 Å². The van der Waals surface area contributed by atoms with Crippen molar-refractivity contribution in [1.82, 2.24) is 5.32 Å². The molecule has 0 spiro atoms. The molecule has 1 atom stereocenters. The Kier molecular flexibility index (Phi) is 4.79. The molecule has 0 aromatic heterocycles. The van der Waals surface area contributed by atoms with Gasteiger partial charge in [-0.15, -0.1) is 0 Å². The van der Waals surface area contributed by atoms with Crippen molar-refractivity contribution in [3.8, 4) is 0 Å². The van der Waals surface area contributed by atoms with Gasteiger partial charge in [0.05, 0.1) is 18.3 Å². The molecule has 2 N–H and O–H groups in total. The Hall–Kier alpha value is -1.81.